The number of nitrogens with one attached hydrogen (secondary N) is 1. The molecule has 0 aliphatic heterocycles. The molecule has 0 fully saturated rings. The van der Waals surface area contributed by atoms with Crippen molar-refractivity contribution in [3.8, 4) is 0 Å². The van der Waals surface area contributed by atoms with Crippen LogP contribution in [0.4, 0.5) is 10.1 Å². The van der Waals surface area contributed by atoms with Crippen molar-refractivity contribution in [3.63, 3.8) is 0 Å². The number of carbonyl (C=O) groups is 2. The Morgan fingerprint density at radius 2 is 1.63 bits per heavy atom. The Kier molecular flexibility index (Phi) is 10.4. The van der Waals surface area contributed by atoms with Gasteiger partial charge in [0.25, 0.3) is 0 Å². The summed E-state index contributed by atoms with van der Waals surface area (Å²) in [6, 6.07) is 9.04. The Morgan fingerprint density at radius 3 is 2.14 bits per heavy atom. The number of anilines is 1. The van der Waals surface area contributed by atoms with Gasteiger partial charge in [0.15, 0.2) is 0 Å². The van der Waals surface area contributed by atoms with Gasteiger partial charge in [-0.2, -0.15) is 0 Å². The molecule has 0 saturated heterocycles. The fraction of sp³-hybridized carbons (Fsp3) is 0.417. The first-order valence-corrected chi connectivity index (χ1v) is 13.8. The van der Waals surface area contributed by atoms with Crippen LogP contribution in [0.1, 0.15) is 39.2 Å². The van der Waals surface area contributed by atoms with Crippen LogP contribution < -0.4 is 9.62 Å². The SMILES string of the molecule is CCC(C)NC(=O)C(CC)N(Cc1c(Cl)cccc1Cl)C(=O)CN(c1ccccc1F)S(C)(=O)=O. The summed E-state index contributed by atoms with van der Waals surface area (Å²) in [5.41, 5.74) is 0.145. The highest BCUT2D eigenvalue weighted by Crippen LogP contribution is 2.28. The van der Waals surface area contributed by atoms with Crippen molar-refractivity contribution < 1.29 is 22.4 Å². The van der Waals surface area contributed by atoms with Crippen molar-refractivity contribution in [1.82, 2.24) is 10.2 Å². The summed E-state index contributed by atoms with van der Waals surface area (Å²) in [6.07, 6.45) is 1.81. The van der Waals surface area contributed by atoms with Crippen molar-refractivity contribution in [1.29, 1.82) is 0 Å². The van der Waals surface area contributed by atoms with Gasteiger partial charge in [-0.25, -0.2) is 12.8 Å². The normalized spacial score (nSPS) is 13.1. The van der Waals surface area contributed by atoms with Crippen molar-refractivity contribution in [2.75, 3.05) is 17.1 Å². The average molecular weight is 546 g/mol. The van der Waals surface area contributed by atoms with Gasteiger partial charge in [0.1, 0.15) is 18.4 Å². The summed E-state index contributed by atoms with van der Waals surface area (Å²) < 4.78 is 40.2. The Morgan fingerprint density at radius 1 is 1.03 bits per heavy atom. The highest BCUT2D eigenvalue weighted by molar-refractivity contribution is 7.92. The predicted octanol–water partition coefficient (Wildman–Crippen LogP) is 4.62. The fourth-order valence-corrected chi connectivity index (χ4v) is 4.83. The molecular formula is C24H30Cl2FN3O4S. The van der Waals surface area contributed by atoms with E-state index < -0.39 is 40.2 Å². The van der Waals surface area contributed by atoms with Gasteiger partial charge in [-0.15, -0.1) is 0 Å². The van der Waals surface area contributed by atoms with Gasteiger partial charge in [0.05, 0.1) is 11.9 Å². The number of hydrogen-bond donors (Lipinski definition) is 1. The molecular weight excluding hydrogens is 516 g/mol. The summed E-state index contributed by atoms with van der Waals surface area (Å²) in [5, 5.41) is 3.45. The van der Waals surface area contributed by atoms with Crippen LogP contribution in [-0.4, -0.2) is 50.0 Å². The minimum Gasteiger partial charge on any atom is -0.352 e. The standard InChI is InChI=1S/C24H30Cl2FN3O4S/c1-5-16(3)28-24(32)21(6-2)29(14-17-18(25)10-9-11-19(17)26)23(31)15-30(35(4,33)34)22-13-8-7-12-20(22)27/h7-13,16,21H,5-6,14-15H2,1-4H3,(H,28,32). The highest BCUT2D eigenvalue weighted by atomic mass is 35.5. The van der Waals surface area contributed by atoms with Crippen LogP contribution in [0.5, 0.6) is 0 Å². The van der Waals surface area contributed by atoms with Gasteiger partial charge >= 0.3 is 0 Å². The zero-order chi connectivity index (χ0) is 26.3. The Balaban J connectivity index is 2.52. The van der Waals surface area contributed by atoms with Crippen molar-refractivity contribution in [2.24, 2.45) is 0 Å². The average Bonchev–Trinajstić information content (AvgIpc) is 2.78. The summed E-state index contributed by atoms with van der Waals surface area (Å²) >= 11 is 12.7. The number of benzene rings is 2. The number of nitrogens with zero attached hydrogens (tertiary/aromatic N) is 2. The molecule has 2 aromatic carbocycles. The molecule has 2 rings (SSSR count). The second-order valence-electron chi connectivity index (χ2n) is 8.18. The molecule has 0 spiro atoms. The van der Waals surface area contributed by atoms with Gasteiger partial charge in [-0.05, 0) is 44.0 Å². The minimum absolute atomic E-state index is 0.136. The van der Waals surface area contributed by atoms with E-state index >= 15 is 0 Å². The number of amides is 2. The molecule has 2 atom stereocenters. The number of sulfonamides is 1. The third-order valence-electron chi connectivity index (χ3n) is 5.58. The first-order chi connectivity index (χ1) is 16.4. The second-order valence-corrected chi connectivity index (χ2v) is 10.9. The third-order valence-corrected chi connectivity index (χ3v) is 7.41. The second kappa shape index (κ2) is 12.6. The molecule has 0 bridgehead atoms. The number of hydrogen-bond acceptors (Lipinski definition) is 4. The monoisotopic (exact) mass is 545 g/mol. The zero-order valence-corrected chi connectivity index (χ0v) is 22.4. The van der Waals surface area contributed by atoms with Crippen molar-refractivity contribution >= 4 is 50.7 Å². The van der Waals surface area contributed by atoms with Gasteiger partial charge < -0.3 is 10.2 Å². The maximum atomic E-state index is 14.5. The predicted molar refractivity (Wildman–Crippen MR) is 138 cm³/mol. The number of halogens is 3. The van der Waals surface area contributed by atoms with Crippen LogP contribution in [0.3, 0.4) is 0 Å². The van der Waals surface area contributed by atoms with E-state index in [0.29, 0.717) is 26.3 Å². The lowest BCUT2D eigenvalue weighted by Crippen LogP contribution is -2.53. The molecule has 2 unspecified atom stereocenters. The van der Waals surface area contributed by atoms with Crippen molar-refractivity contribution in [2.45, 2.75) is 52.2 Å². The zero-order valence-electron chi connectivity index (χ0n) is 20.1. The molecule has 2 aromatic rings. The van der Waals surface area contributed by atoms with Crippen LogP contribution in [0.25, 0.3) is 0 Å². The Bertz CT molecular complexity index is 1140. The van der Waals surface area contributed by atoms with Crippen LogP contribution in [0, 0.1) is 5.82 Å². The Labute approximate surface area is 216 Å². The van der Waals surface area contributed by atoms with E-state index in [9.17, 15) is 22.4 Å². The fourth-order valence-electron chi connectivity index (χ4n) is 3.46. The van der Waals surface area contributed by atoms with E-state index in [0.717, 1.165) is 12.3 Å². The molecule has 0 aromatic heterocycles. The maximum absolute atomic E-state index is 14.5. The lowest BCUT2D eigenvalue weighted by molar-refractivity contribution is -0.140. The number of carbonyl (C=O) groups excluding carboxylic acids is 2. The molecule has 0 aliphatic rings. The molecule has 35 heavy (non-hydrogen) atoms. The van der Waals surface area contributed by atoms with Gasteiger partial charge in [0, 0.05) is 28.2 Å². The number of para-hydroxylation sites is 1. The molecule has 2 amide bonds. The quantitative estimate of drug-likeness (QED) is 0.446. The van der Waals surface area contributed by atoms with Crippen molar-refractivity contribution in [3.05, 3.63) is 63.9 Å². The van der Waals surface area contributed by atoms with Crippen LogP contribution in [0.2, 0.25) is 10.0 Å². The summed E-state index contributed by atoms with van der Waals surface area (Å²) in [5.74, 6) is -1.90. The van der Waals surface area contributed by atoms with E-state index in [2.05, 4.69) is 5.32 Å². The lowest BCUT2D eigenvalue weighted by atomic mass is 10.1. The van der Waals surface area contributed by atoms with Gasteiger partial charge in [-0.3, -0.25) is 13.9 Å². The van der Waals surface area contributed by atoms with Gasteiger partial charge in [-0.1, -0.05) is 55.2 Å². The lowest BCUT2D eigenvalue weighted by Gasteiger charge is -2.33. The van der Waals surface area contributed by atoms with E-state index in [1.165, 1.54) is 23.1 Å². The molecule has 1 N–H and O–H groups in total. The van der Waals surface area contributed by atoms with E-state index in [1.807, 2.05) is 13.8 Å². The van der Waals surface area contributed by atoms with Crippen LogP contribution in [-0.2, 0) is 26.2 Å². The van der Waals surface area contributed by atoms with Crippen LogP contribution >= 0.6 is 23.2 Å². The minimum atomic E-state index is -4.04. The first kappa shape index (κ1) is 28.9. The summed E-state index contributed by atoms with van der Waals surface area (Å²) in [7, 11) is -4.04. The van der Waals surface area contributed by atoms with Gasteiger partial charge in [0.2, 0.25) is 21.8 Å². The molecule has 0 aliphatic carbocycles. The Hall–Kier alpha value is -2.36. The molecule has 11 heteroatoms. The smallest absolute Gasteiger partial charge is 0.244 e. The summed E-state index contributed by atoms with van der Waals surface area (Å²) in [4.78, 5) is 27.9. The molecule has 0 radical (unpaired) electrons. The molecule has 0 heterocycles. The molecule has 7 nitrogen and oxygen atoms in total. The highest BCUT2D eigenvalue weighted by Gasteiger charge is 2.33. The molecule has 0 saturated carbocycles. The topological polar surface area (TPSA) is 86.8 Å². The number of rotatable bonds is 11. The third kappa shape index (κ3) is 7.56. The maximum Gasteiger partial charge on any atom is 0.244 e. The van der Waals surface area contributed by atoms with E-state index in [-0.39, 0.29) is 24.7 Å². The summed E-state index contributed by atoms with van der Waals surface area (Å²) in [6.45, 7) is 4.64. The first-order valence-electron chi connectivity index (χ1n) is 11.2. The van der Waals surface area contributed by atoms with E-state index in [4.69, 9.17) is 23.2 Å². The largest absolute Gasteiger partial charge is 0.352 e. The van der Waals surface area contributed by atoms with Crippen LogP contribution in [0.15, 0.2) is 42.5 Å². The molecule has 192 valence electrons. The van der Waals surface area contributed by atoms with E-state index in [1.54, 1.807) is 25.1 Å².